The fraction of sp³-hybridized carbons (Fsp3) is 0.800. The highest BCUT2D eigenvalue weighted by molar-refractivity contribution is 5.25. The van der Waals surface area contributed by atoms with Crippen molar-refractivity contribution in [2.45, 2.75) is 52.1 Å². The summed E-state index contributed by atoms with van der Waals surface area (Å²) in [5.41, 5.74) is 2.46. The predicted molar refractivity (Wildman–Crippen MR) is 78.5 cm³/mol. The number of aromatic nitrogens is 2. The Labute approximate surface area is 121 Å². The van der Waals surface area contributed by atoms with Gasteiger partial charge in [-0.2, -0.15) is 5.10 Å². The molecule has 0 saturated heterocycles. The molecule has 2 rings (SSSR count). The van der Waals surface area contributed by atoms with Gasteiger partial charge in [-0.1, -0.05) is 13.8 Å². The van der Waals surface area contributed by atoms with Gasteiger partial charge in [-0.25, -0.2) is 0 Å². The van der Waals surface area contributed by atoms with Crippen LogP contribution in [0.15, 0.2) is 6.20 Å². The average Bonchev–Trinajstić information content (AvgIpc) is 2.89. The van der Waals surface area contributed by atoms with Gasteiger partial charge in [0.2, 0.25) is 0 Å². The number of rotatable bonds is 7. The van der Waals surface area contributed by atoms with Crippen molar-refractivity contribution in [1.82, 2.24) is 15.1 Å². The Hall–Kier alpha value is -0.910. The molecule has 1 heterocycles. The third-order valence-corrected chi connectivity index (χ3v) is 4.59. The lowest BCUT2D eigenvalue weighted by molar-refractivity contribution is 0.130. The van der Waals surface area contributed by atoms with Crippen LogP contribution in [0, 0.1) is 5.41 Å². The van der Waals surface area contributed by atoms with Crippen molar-refractivity contribution >= 4 is 0 Å². The molecule has 20 heavy (non-hydrogen) atoms. The van der Waals surface area contributed by atoms with Gasteiger partial charge in [0.1, 0.15) is 0 Å². The smallest absolute Gasteiger partial charge is 0.0644 e. The fourth-order valence-corrected chi connectivity index (χ4v) is 2.78. The van der Waals surface area contributed by atoms with Crippen LogP contribution in [0.3, 0.4) is 0 Å². The zero-order valence-electron chi connectivity index (χ0n) is 12.6. The van der Waals surface area contributed by atoms with Crippen molar-refractivity contribution in [3.63, 3.8) is 0 Å². The molecule has 114 valence electrons. The Bertz CT molecular complexity index is 427. The summed E-state index contributed by atoms with van der Waals surface area (Å²) in [6, 6.07) is 0.323. The minimum absolute atomic E-state index is 0.0568. The van der Waals surface area contributed by atoms with Crippen LogP contribution in [-0.2, 0) is 13.0 Å². The second-order valence-corrected chi connectivity index (χ2v) is 6.14. The Morgan fingerprint density at radius 2 is 2.30 bits per heavy atom. The van der Waals surface area contributed by atoms with Gasteiger partial charge in [-0.15, -0.1) is 0 Å². The van der Waals surface area contributed by atoms with Crippen molar-refractivity contribution in [3.8, 4) is 0 Å². The van der Waals surface area contributed by atoms with Gasteiger partial charge in [-0.05, 0) is 25.7 Å². The molecule has 0 radical (unpaired) electrons. The Kier molecular flexibility index (Phi) is 5.18. The minimum Gasteiger partial charge on any atom is -0.396 e. The summed E-state index contributed by atoms with van der Waals surface area (Å²) in [4.78, 5) is 0. The SMILES string of the molecule is CCC(C)(CO)CNC1CCCc2c1cnn2CCO. The molecular weight excluding hydrogens is 254 g/mol. The van der Waals surface area contributed by atoms with Gasteiger partial charge in [0.25, 0.3) is 0 Å². The largest absolute Gasteiger partial charge is 0.396 e. The predicted octanol–water partition coefficient (Wildman–Crippen LogP) is 1.25. The van der Waals surface area contributed by atoms with E-state index in [-0.39, 0.29) is 18.6 Å². The lowest BCUT2D eigenvalue weighted by Gasteiger charge is -2.31. The van der Waals surface area contributed by atoms with Crippen molar-refractivity contribution < 1.29 is 10.2 Å². The summed E-state index contributed by atoms with van der Waals surface area (Å²) in [6.45, 7) is 5.95. The molecule has 0 amide bonds. The van der Waals surface area contributed by atoms with Crippen molar-refractivity contribution in [1.29, 1.82) is 0 Å². The minimum atomic E-state index is -0.0568. The van der Waals surface area contributed by atoms with Crippen LogP contribution in [0.4, 0.5) is 0 Å². The molecule has 3 N–H and O–H groups in total. The molecule has 0 aromatic carbocycles. The summed E-state index contributed by atoms with van der Waals surface area (Å²) >= 11 is 0. The third-order valence-electron chi connectivity index (χ3n) is 4.59. The molecular formula is C15H27N3O2. The summed E-state index contributed by atoms with van der Waals surface area (Å²) in [6.07, 6.45) is 6.19. The van der Waals surface area contributed by atoms with E-state index in [1.165, 1.54) is 11.3 Å². The first-order chi connectivity index (χ1) is 9.63. The first-order valence-electron chi connectivity index (χ1n) is 7.63. The molecule has 0 saturated carbocycles. The Balaban J connectivity index is 2.05. The van der Waals surface area contributed by atoms with Gasteiger partial charge in [0.15, 0.2) is 0 Å². The zero-order valence-corrected chi connectivity index (χ0v) is 12.6. The summed E-state index contributed by atoms with van der Waals surface area (Å²) in [5, 5.41) is 26.6. The Morgan fingerprint density at radius 1 is 1.50 bits per heavy atom. The maximum Gasteiger partial charge on any atom is 0.0644 e. The molecule has 1 aromatic rings. The highest BCUT2D eigenvalue weighted by atomic mass is 16.3. The number of hydrogen-bond acceptors (Lipinski definition) is 4. The van der Waals surface area contributed by atoms with Gasteiger partial charge < -0.3 is 15.5 Å². The lowest BCUT2D eigenvalue weighted by Crippen LogP contribution is -2.37. The van der Waals surface area contributed by atoms with Crippen molar-refractivity contribution in [2.75, 3.05) is 19.8 Å². The van der Waals surface area contributed by atoms with E-state index < -0.39 is 0 Å². The maximum atomic E-state index is 9.50. The van der Waals surface area contributed by atoms with Gasteiger partial charge in [-0.3, -0.25) is 4.68 Å². The van der Waals surface area contributed by atoms with E-state index in [4.69, 9.17) is 5.11 Å². The summed E-state index contributed by atoms with van der Waals surface area (Å²) < 4.78 is 1.92. The van der Waals surface area contributed by atoms with Crippen LogP contribution in [-0.4, -0.2) is 39.8 Å². The van der Waals surface area contributed by atoms with Gasteiger partial charge in [0, 0.05) is 35.9 Å². The monoisotopic (exact) mass is 281 g/mol. The van der Waals surface area contributed by atoms with E-state index in [9.17, 15) is 5.11 Å². The van der Waals surface area contributed by atoms with Crippen molar-refractivity contribution in [3.05, 3.63) is 17.5 Å². The second-order valence-electron chi connectivity index (χ2n) is 6.14. The van der Waals surface area contributed by atoms with Crippen LogP contribution in [0.1, 0.15) is 50.4 Å². The average molecular weight is 281 g/mol. The number of fused-ring (bicyclic) bond motifs is 1. The molecule has 5 nitrogen and oxygen atoms in total. The summed E-state index contributed by atoms with van der Waals surface area (Å²) in [7, 11) is 0. The van der Waals surface area contributed by atoms with Crippen LogP contribution in [0.5, 0.6) is 0 Å². The lowest BCUT2D eigenvalue weighted by atomic mass is 9.87. The van der Waals surface area contributed by atoms with E-state index in [2.05, 4.69) is 24.3 Å². The second kappa shape index (κ2) is 6.70. The van der Waals surface area contributed by atoms with Crippen molar-refractivity contribution in [2.24, 2.45) is 5.41 Å². The number of hydrogen-bond donors (Lipinski definition) is 3. The topological polar surface area (TPSA) is 70.3 Å². The van der Waals surface area contributed by atoms with E-state index in [1.54, 1.807) is 0 Å². The molecule has 5 heteroatoms. The Morgan fingerprint density at radius 3 is 2.95 bits per heavy atom. The highest BCUT2D eigenvalue weighted by Crippen LogP contribution is 2.30. The van der Waals surface area contributed by atoms with Crippen LogP contribution >= 0.6 is 0 Å². The molecule has 1 aliphatic rings. The van der Waals surface area contributed by atoms with Crippen LogP contribution in [0.25, 0.3) is 0 Å². The third kappa shape index (κ3) is 3.22. The van der Waals surface area contributed by atoms with Gasteiger partial charge >= 0.3 is 0 Å². The number of aliphatic hydroxyl groups is 2. The van der Waals surface area contributed by atoms with E-state index in [0.29, 0.717) is 12.6 Å². The molecule has 0 aliphatic heterocycles. The standard InChI is InChI=1S/C15H27N3O2/c1-3-15(2,11-20)10-16-13-5-4-6-14-12(13)9-17-18(14)7-8-19/h9,13,16,19-20H,3-8,10-11H2,1-2H3. The fourth-order valence-electron chi connectivity index (χ4n) is 2.78. The number of nitrogens with zero attached hydrogens (tertiary/aromatic N) is 2. The molecule has 1 aliphatic carbocycles. The quantitative estimate of drug-likeness (QED) is 0.703. The zero-order chi connectivity index (χ0) is 14.6. The van der Waals surface area contributed by atoms with E-state index in [0.717, 1.165) is 32.2 Å². The first kappa shape index (κ1) is 15.5. The van der Waals surface area contributed by atoms with E-state index in [1.807, 2.05) is 10.9 Å². The molecule has 0 fully saturated rings. The number of nitrogens with one attached hydrogen (secondary N) is 1. The van der Waals surface area contributed by atoms with E-state index >= 15 is 0 Å². The highest BCUT2D eigenvalue weighted by Gasteiger charge is 2.27. The first-order valence-corrected chi connectivity index (χ1v) is 7.63. The maximum absolute atomic E-state index is 9.50. The molecule has 1 aromatic heterocycles. The number of aliphatic hydroxyl groups excluding tert-OH is 2. The molecule has 0 bridgehead atoms. The van der Waals surface area contributed by atoms with Crippen LogP contribution < -0.4 is 5.32 Å². The normalized spacial score (nSPS) is 21.5. The van der Waals surface area contributed by atoms with Crippen LogP contribution in [0.2, 0.25) is 0 Å². The van der Waals surface area contributed by atoms with Gasteiger partial charge in [0.05, 0.1) is 19.3 Å². The molecule has 2 atom stereocenters. The summed E-state index contributed by atoms with van der Waals surface area (Å²) in [5.74, 6) is 0. The molecule has 2 unspecified atom stereocenters. The molecule has 0 spiro atoms.